The molecular formula is C17H21ClN4O. The van der Waals surface area contributed by atoms with E-state index in [4.69, 9.17) is 11.6 Å². The minimum atomic E-state index is -0.297. The average Bonchev–Trinajstić information content (AvgIpc) is 3.20. The number of H-pyrrole nitrogens is 1. The van der Waals surface area contributed by atoms with Gasteiger partial charge in [0.2, 0.25) is 5.91 Å². The van der Waals surface area contributed by atoms with Crippen molar-refractivity contribution in [1.29, 1.82) is 0 Å². The van der Waals surface area contributed by atoms with Crippen molar-refractivity contribution in [3.8, 4) is 0 Å². The molecule has 1 atom stereocenters. The summed E-state index contributed by atoms with van der Waals surface area (Å²) in [5, 5.41) is 12.0. The Hall–Kier alpha value is -1.75. The molecule has 1 aromatic heterocycles. The number of carbonyl (C=O) groups excluding carboxylic acids is 1. The maximum Gasteiger partial charge on any atom is 0.244 e. The summed E-state index contributed by atoms with van der Waals surface area (Å²) in [4.78, 5) is 14.6. The van der Waals surface area contributed by atoms with Gasteiger partial charge in [-0.25, -0.2) is 0 Å². The van der Waals surface area contributed by atoms with Crippen LogP contribution in [0.15, 0.2) is 18.2 Å². The molecule has 0 bridgehead atoms. The number of rotatable bonds is 3. The summed E-state index contributed by atoms with van der Waals surface area (Å²) in [6.07, 6.45) is 5.02. The number of nitrogens with one attached hydrogen (secondary N) is 2. The van der Waals surface area contributed by atoms with Crippen molar-refractivity contribution in [3.63, 3.8) is 0 Å². The molecule has 1 aliphatic carbocycles. The van der Waals surface area contributed by atoms with Crippen molar-refractivity contribution < 1.29 is 4.79 Å². The van der Waals surface area contributed by atoms with Gasteiger partial charge >= 0.3 is 0 Å². The molecule has 2 fully saturated rings. The van der Waals surface area contributed by atoms with Crippen LogP contribution in [0.3, 0.4) is 0 Å². The Morgan fingerprint density at radius 1 is 1.35 bits per heavy atom. The molecule has 2 aromatic rings. The maximum atomic E-state index is 12.7. The van der Waals surface area contributed by atoms with Gasteiger partial charge in [0, 0.05) is 23.5 Å². The van der Waals surface area contributed by atoms with E-state index in [0.29, 0.717) is 16.3 Å². The van der Waals surface area contributed by atoms with Gasteiger partial charge in [-0.2, -0.15) is 5.10 Å². The minimum Gasteiger partial charge on any atom is -0.357 e. The molecule has 23 heavy (non-hydrogen) atoms. The first-order chi connectivity index (χ1) is 11.1. The number of fused-ring (bicyclic) bond motifs is 1. The number of amides is 1. The number of anilines is 1. The van der Waals surface area contributed by atoms with E-state index in [0.717, 1.165) is 36.8 Å². The molecule has 1 saturated heterocycles. The Labute approximate surface area is 140 Å². The molecule has 2 N–H and O–H groups in total. The smallest absolute Gasteiger partial charge is 0.244 e. The van der Waals surface area contributed by atoms with Crippen LogP contribution in [0.5, 0.6) is 0 Å². The Balaban J connectivity index is 1.45. The normalized spacial score (nSPS) is 20.7. The third-order valence-corrected chi connectivity index (χ3v) is 5.58. The van der Waals surface area contributed by atoms with E-state index < -0.39 is 0 Å². The highest BCUT2D eigenvalue weighted by Crippen LogP contribution is 2.53. The zero-order chi connectivity index (χ0) is 16.0. The van der Waals surface area contributed by atoms with Gasteiger partial charge in [0.05, 0.1) is 5.52 Å². The summed E-state index contributed by atoms with van der Waals surface area (Å²) in [7, 11) is 0. The molecule has 6 heteroatoms. The maximum absolute atomic E-state index is 12.7. The van der Waals surface area contributed by atoms with Crippen LogP contribution < -0.4 is 5.32 Å². The summed E-state index contributed by atoms with van der Waals surface area (Å²) in [5.41, 5.74) is 1.49. The Bertz CT molecular complexity index is 742. The fraction of sp³-hybridized carbons (Fsp3) is 0.529. The van der Waals surface area contributed by atoms with Crippen LogP contribution in [-0.2, 0) is 4.79 Å². The molecule has 2 aliphatic rings. The van der Waals surface area contributed by atoms with Gasteiger partial charge in [0.25, 0.3) is 0 Å². The molecule has 2 heterocycles. The summed E-state index contributed by atoms with van der Waals surface area (Å²) in [6.45, 7) is 3.67. The molecule has 0 radical (unpaired) electrons. The Morgan fingerprint density at radius 2 is 2.09 bits per heavy atom. The third-order valence-electron chi connectivity index (χ3n) is 5.34. The molecule has 1 saturated carbocycles. The van der Waals surface area contributed by atoms with Crippen molar-refractivity contribution in [2.45, 2.75) is 38.6 Å². The van der Waals surface area contributed by atoms with Crippen molar-refractivity contribution >= 4 is 34.2 Å². The fourth-order valence-electron chi connectivity index (χ4n) is 3.52. The Morgan fingerprint density at radius 3 is 2.78 bits per heavy atom. The zero-order valence-corrected chi connectivity index (χ0v) is 14.0. The van der Waals surface area contributed by atoms with E-state index in [9.17, 15) is 4.79 Å². The highest BCUT2D eigenvalue weighted by atomic mass is 35.5. The van der Waals surface area contributed by atoms with Gasteiger partial charge in [0.15, 0.2) is 5.82 Å². The minimum absolute atomic E-state index is 0.152. The van der Waals surface area contributed by atoms with Crippen LogP contribution in [0.4, 0.5) is 5.82 Å². The lowest BCUT2D eigenvalue weighted by molar-refractivity contribution is -0.133. The molecule has 1 aromatic carbocycles. The predicted molar refractivity (Wildman–Crippen MR) is 91.7 cm³/mol. The molecule has 4 rings (SSSR count). The van der Waals surface area contributed by atoms with Gasteiger partial charge in [-0.05, 0) is 56.2 Å². The number of aromatic amines is 1. The lowest BCUT2D eigenvalue weighted by atomic mass is 9.93. The summed E-state index contributed by atoms with van der Waals surface area (Å²) in [6, 6.07) is 5.27. The standard InChI is InChI=1S/C17H21ClN4O/c1-11(16(23)22-8-6-17(4-5-17)7-9-22)19-15-13-10-12(18)2-3-14(13)20-21-15/h2-3,10-11H,4-9H2,1H3,(H2,19,20,21)/t11-/m0/s1. The summed E-state index contributed by atoms with van der Waals surface area (Å²) in [5.74, 6) is 0.831. The van der Waals surface area contributed by atoms with Crippen LogP contribution in [0.1, 0.15) is 32.6 Å². The molecule has 5 nitrogen and oxygen atoms in total. The van der Waals surface area contributed by atoms with Crippen LogP contribution in [0.2, 0.25) is 5.02 Å². The monoisotopic (exact) mass is 332 g/mol. The Kier molecular flexibility index (Phi) is 3.48. The largest absolute Gasteiger partial charge is 0.357 e. The zero-order valence-electron chi connectivity index (χ0n) is 13.2. The van der Waals surface area contributed by atoms with Crippen LogP contribution >= 0.6 is 11.6 Å². The number of aromatic nitrogens is 2. The lowest BCUT2D eigenvalue weighted by Gasteiger charge is -2.33. The van der Waals surface area contributed by atoms with E-state index in [-0.39, 0.29) is 11.9 Å². The number of nitrogens with zero attached hydrogens (tertiary/aromatic N) is 2. The lowest BCUT2D eigenvalue weighted by Crippen LogP contribution is -2.45. The molecule has 1 amide bonds. The predicted octanol–water partition coefficient (Wildman–Crippen LogP) is 3.42. The van der Waals surface area contributed by atoms with E-state index >= 15 is 0 Å². The number of hydrogen-bond donors (Lipinski definition) is 2. The van der Waals surface area contributed by atoms with Gasteiger partial charge < -0.3 is 10.2 Å². The van der Waals surface area contributed by atoms with Crippen molar-refractivity contribution in [2.24, 2.45) is 5.41 Å². The van der Waals surface area contributed by atoms with E-state index in [1.807, 2.05) is 30.0 Å². The molecule has 0 unspecified atom stereocenters. The summed E-state index contributed by atoms with van der Waals surface area (Å²) >= 11 is 6.06. The van der Waals surface area contributed by atoms with Gasteiger partial charge in [-0.3, -0.25) is 9.89 Å². The van der Waals surface area contributed by atoms with Crippen LogP contribution in [0, 0.1) is 5.41 Å². The third kappa shape index (κ3) is 2.78. The van der Waals surface area contributed by atoms with Crippen LogP contribution in [0.25, 0.3) is 10.9 Å². The average molecular weight is 333 g/mol. The number of benzene rings is 1. The first kappa shape index (κ1) is 14.8. The number of hydrogen-bond acceptors (Lipinski definition) is 3. The topological polar surface area (TPSA) is 61.0 Å². The first-order valence-corrected chi connectivity index (χ1v) is 8.63. The molecule has 1 spiro atoms. The van der Waals surface area contributed by atoms with Crippen molar-refractivity contribution in [3.05, 3.63) is 23.2 Å². The quantitative estimate of drug-likeness (QED) is 0.905. The molecule has 122 valence electrons. The van der Waals surface area contributed by atoms with Gasteiger partial charge in [-0.15, -0.1) is 0 Å². The second-order valence-electron chi connectivity index (χ2n) is 6.95. The van der Waals surface area contributed by atoms with Crippen molar-refractivity contribution in [1.82, 2.24) is 15.1 Å². The SMILES string of the molecule is C[C@H](Nc1n[nH]c2ccc(Cl)cc12)C(=O)N1CCC2(CC1)CC2. The summed E-state index contributed by atoms with van der Waals surface area (Å²) < 4.78 is 0. The number of carbonyl (C=O) groups is 1. The fourth-order valence-corrected chi connectivity index (χ4v) is 3.69. The van der Waals surface area contributed by atoms with Crippen LogP contribution in [-0.4, -0.2) is 40.1 Å². The van der Waals surface area contributed by atoms with Gasteiger partial charge in [0.1, 0.15) is 6.04 Å². The molecule has 1 aliphatic heterocycles. The second kappa shape index (κ2) is 5.41. The second-order valence-corrected chi connectivity index (χ2v) is 7.39. The van der Waals surface area contributed by atoms with Crippen molar-refractivity contribution in [2.75, 3.05) is 18.4 Å². The molecular weight excluding hydrogens is 312 g/mol. The highest BCUT2D eigenvalue weighted by molar-refractivity contribution is 6.31. The van der Waals surface area contributed by atoms with Gasteiger partial charge in [-0.1, -0.05) is 11.6 Å². The highest BCUT2D eigenvalue weighted by Gasteiger charge is 2.45. The first-order valence-electron chi connectivity index (χ1n) is 8.25. The van der Waals surface area contributed by atoms with E-state index in [1.165, 1.54) is 12.8 Å². The van der Waals surface area contributed by atoms with E-state index in [1.54, 1.807) is 0 Å². The number of halogens is 1. The number of likely N-dealkylation sites (tertiary alicyclic amines) is 1. The number of piperidine rings is 1. The van der Waals surface area contributed by atoms with E-state index in [2.05, 4.69) is 15.5 Å².